The van der Waals surface area contributed by atoms with Crippen molar-refractivity contribution in [3.8, 4) is 0 Å². The molecule has 0 spiro atoms. The summed E-state index contributed by atoms with van der Waals surface area (Å²) in [4.78, 5) is 39.0. The molecule has 0 bridgehead atoms. The van der Waals surface area contributed by atoms with Crippen LogP contribution in [0.5, 0.6) is 0 Å². The maximum atomic E-state index is 12.2. The molecule has 170 valence electrons. The molecule has 1 fully saturated rings. The molecule has 2 aromatic rings. The lowest BCUT2D eigenvalue weighted by Gasteiger charge is -2.42. The predicted molar refractivity (Wildman–Crippen MR) is 111 cm³/mol. The normalized spacial score (nSPS) is 25.9. The van der Waals surface area contributed by atoms with Crippen molar-refractivity contribution < 1.29 is 24.5 Å². The highest BCUT2D eigenvalue weighted by Gasteiger charge is 2.43. The zero-order valence-corrected chi connectivity index (χ0v) is 17.5. The molecule has 5 atom stereocenters. The Morgan fingerprint density at radius 1 is 1.16 bits per heavy atom. The summed E-state index contributed by atoms with van der Waals surface area (Å²) in [6, 6.07) is -0.852. The zero-order valence-electron chi connectivity index (χ0n) is 17.5. The fourth-order valence-electron chi connectivity index (χ4n) is 3.44. The minimum Gasteiger partial charge on any atom is -0.388 e. The van der Waals surface area contributed by atoms with E-state index in [-0.39, 0.29) is 12.5 Å². The molecular weight excluding hydrogens is 406 g/mol. The van der Waals surface area contributed by atoms with Gasteiger partial charge in [-0.05, 0) is 13.3 Å². The average molecular weight is 435 g/mol. The maximum absolute atomic E-state index is 12.2. The Balaban J connectivity index is 1.54. The van der Waals surface area contributed by atoms with Gasteiger partial charge in [-0.2, -0.15) is 0 Å². The minimum absolute atomic E-state index is 0.198. The van der Waals surface area contributed by atoms with Gasteiger partial charge in [0.05, 0.1) is 25.0 Å². The number of fused-ring (bicyclic) bond motifs is 1. The minimum atomic E-state index is -1.35. The zero-order chi connectivity index (χ0) is 22.4. The third-order valence-corrected chi connectivity index (χ3v) is 5.18. The number of anilines is 1. The highest BCUT2D eigenvalue weighted by atomic mass is 16.5. The number of hydrogen-bond donors (Lipinski definition) is 6. The largest absolute Gasteiger partial charge is 0.388 e. The second-order valence-corrected chi connectivity index (χ2v) is 7.54. The Bertz CT molecular complexity index is 891. The van der Waals surface area contributed by atoms with Crippen molar-refractivity contribution >= 4 is 28.8 Å². The topological polar surface area (TPSA) is 174 Å². The molecule has 1 aliphatic rings. The van der Waals surface area contributed by atoms with E-state index in [0.29, 0.717) is 23.4 Å². The third-order valence-electron chi connectivity index (χ3n) is 5.18. The smallest absolute Gasteiger partial charge is 0.239 e. The molecule has 2 amide bonds. The van der Waals surface area contributed by atoms with E-state index in [4.69, 9.17) is 4.74 Å². The van der Waals surface area contributed by atoms with Crippen molar-refractivity contribution in [2.45, 2.75) is 70.1 Å². The molecule has 0 aromatic carbocycles. The SMILES string of the molecule is CCCCCC(=O)NCC(=O)N[C@@H]1[C@@H](O)[C@H](O)[C@@H](Nc2ncnc3nc[nH]c23)O[C@H]1C. The van der Waals surface area contributed by atoms with Crippen molar-refractivity contribution in [1.82, 2.24) is 30.6 Å². The summed E-state index contributed by atoms with van der Waals surface area (Å²) in [6.45, 7) is 3.51. The van der Waals surface area contributed by atoms with E-state index < -0.39 is 36.5 Å². The molecular formula is C19H29N7O5. The number of ether oxygens (including phenoxy) is 1. The number of nitrogens with zero attached hydrogens (tertiary/aromatic N) is 3. The van der Waals surface area contributed by atoms with Crippen LogP contribution in [0.25, 0.3) is 11.2 Å². The number of aliphatic hydroxyl groups is 2. The summed E-state index contributed by atoms with van der Waals surface area (Å²) in [5.41, 5.74) is 0.976. The first-order valence-electron chi connectivity index (χ1n) is 10.4. The second-order valence-electron chi connectivity index (χ2n) is 7.54. The molecule has 0 unspecified atom stereocenters. The molecule has 1 aliphatic heterocycles. The van der Waals surface area contributed by atoms with Crippen LogP contribution in [-0.2, 0) is 14.3 Å². The van der Waals surface area contributed by atoms with Crippen LogP contribution in [0.1, 0.15) is 39.5 Å². The molecule has 6 N–H and O–H groups in total. The van der Waals surface area contributed by atoms with Crippen LogP contribution in [-0.4, -0.2) is 79.1 Å². The van der Waals surface area contributed by atoms with Gasteiger partial charge in [-0.1, -0.05) is 19.8 Å². The van der Waals surface area contributed by atoms with E-state index in [0.717, 1.165) is 19.3 Å². The van der Waals surface area contributed by atoms with Crippen molar-refractivity contribution in [3.05, 3.63) is 12.7 Å². The van der Waals surface area contributed by atoms with Gasteiger partial charge >= 0.3 is 0 Å². The van der Waals surface area contributed by atoms with Crippen LogP contribution in [0.15, 0.2) is 12.7 Å². The number of amides is 2. The summed E-state index contributed by atoms with van der Waals surface area (Å²) in [5.74, 6) is -0.312. The number of unbranched alkanes of at least 4 members (excludes halogenated alkanes) is 2. The van der Waals surface area contributed by atoms with Crippen LogP contribution in [0.4, 0.5) is 5.82 Å². The molecule has 12 nitrogen and oxygen atoms in total. The molecule has 0 radical (unpaired) electrons. The quantitative estimate of drug-likeness (QED) is 0.281. The lowest BCUT2D eigenvalue weighted by Crippen LogP contribution is -2.64. The number of rotatable bonds is 9. The standard InChI is InChI=1S/C19H29N7O5/c1-3-4-5-6-11(27)20-7-12(28)25-13-10(2)31-19(16(30)15(13)29)26-18-14-17(22-8-21-14)23-9-24-18/h8-10,13,15-16,19,29-30H,3-7H2,1-2H3,(H,20,27)(H,25,28)(H2,21,22,23,24,26)/t10-,13-,15+,16-,19-/m0/s1. The number of hydrogen-bond acceptors (Lipinski definition) is 9. The average Bonchev–Trinajstić information content (AvgIpc) is 3.23. The number of aromatic nitrogens is 4. The molecule has 3 rings (SSSR count). The van der Waals surface area contributed by atoms with Crippen molar-refractivity contribution in [2.24, 2.45) is 0 Å². The first-order valence-corrected chi connectivity index (χ1v) is 10.4. The lowest BCUT2D eigenvalue weighted by molar-refractivity contribution is -0.172. The molecule has 3 heterocycles. The van der Waals surface area contributed by atoms with Gasteiger partial charge in [-0.15, -0.1) is 0 Å². The first kappa shape index (κ1) is 22.8. The van der Waals surface area contributed by atoms with Crippen LogP contribution in [0, 0.1) is 0 Å². The Morgan fingerprint density at radius 3 is 2.74 bits per heavy atom. The van der Waals surface area contributed by atoms with Gasteiger partial charge in [0.25, 0.3) is 0 Å². The van der Waals surface area contributed by atoms with Gasteiger partial charge < -0.3 is 35.9 Å². The van der Waals surface area contributed by atoms with E-state index in [1.54, 1.807) is 6.92 Å². The third kappa shape index (κ3) is 5.66. The van der Waals surface area contributed by atoms with E-state index in [1.807, 2.05) is 6.92 Å². The fraction of sp³-hybridized carbons (Fsp3) is 0.632. The Kier molecular flexibility index (Phi) is 7.71. The van der Waals surface area contributed by atoms with Crippen molar-refractivity contribution in [3.63, 3.8) is 0 Å². The number of aliphatic hydroxyl groups excluding tert-OH is 2. The molecule has 31 heavy (non-hydrogen) atoms. The number of H-pyrrole nitrogens is 1. The number of carbonyl (C=O) groups is 2. The van der Waals surface area contributed by atoms with Gasteiger partial charge in [0.15, 0.2) is 17.7 Å². The molecule has 2 aromatic heterocycles. The Morgan fingerprint density at radius 2 is 1.97 bits per heavy atom. The highest BCUT2D eigenvalue weighted by molar-refractivity contribution is 5.85. The number of carbonyl (C=O) groups excluding carboxylic acids is 2. The summed E-state index contributed by atoms with van der Waals surface area (Å²) in [5, 5.41) is 29.2. The van der Waals surface area contributed by atoms with Crippen LogP contribution >= 0.6 is 0 Å². The molecule has 0 aliphatic carbocycles. The molecule has 12 heteroatoms. The lowest BCUT2D eigenvalue weighted by atomic mass is 9.96. The van der Waals surface area contributed by atoms with E-state index in [1.165, 1.54) is 12.7 Å². The second kappa shape index (κ2) is 10.5. The Labute approximate surface area is 179 Å². The van der Waals surface area contributed by atoms with E-state index >= 15 is 0 Å². The molecule has 0 saturated carbocycles. The fourth-order valence-corrected chi connectivity index (χ4v) is 3.44. The molecule has 1 saturated heterocycles. The van der Waals surface area contributed by atoms with E-state index in [2.05, 4.69) is 35.9 Å². The van der Waals surface area contributed by atoms with Gasteiger partial charge in [-0.3, -0.25) is 9.59 Å². The Hall–Kier alpha value is -2.83. The summed E-state index contributed by atoms with van der Waals surface area (Å²) < 4.78 is 5.79. The summed E-state index contributed by atoms with van der Waals surface area (Å²) in [6.07, 6.45) is 1.64. The van der Waals surface area contributed by atoms with Gasteiger partial charge in [0.1, 0.15) is 24.1 Å². The number of aromatic amines is 1. The van der Waals surface area contributed by atoms with Crippen molar-refractivity contribution in [2.75, 3.05) is 11.9 Å². The first-order chi connectivity index (χ1) is 14.9. The highest BCUT2D eigenvalue weighted by Crippen LogP contribution is 2.24. The monoisotopic (exact) mass is 435 g/mol. The summed E-state index contributed by atoms with van der Waals surface area (Å²) in [7, 11) is 0. The predicted octanol–water partition coefficient (Wildman–Crippen LogP) is -0.587. The number of nitrogens with one attached hydrogen (secondary N) is 4. The van der Waals surface area contributed by atoms with Gasteiger partial charge in [0, 0.05) is 6.42 Å². The van der Waals surface area contributed by atoms with Gasteiger partial charge in [0.2, 0.25) is 11.8 Å². The summed E-state index contributed by atoms with van der Waals surface area (Å²) >= 11 is 0. The van der Waals surface area contributed by atoms with Crippen molar-refractivity contribution in [1.29, 1.82) is 0 Å². The van der Waals surface area contributed by atoms with Crippen LogP contribution < -0.4 is 16.0 Å². The van der Waals surface area contributed by atoms with E-state index in [9.17, 15) is 19.8 Å². The maximum Gasteiger partial charge on any atom is 0.239 e. The van der Waals surface area contributed by atoms with Crippen LogP contribution in [0.2, 0.25) is 0 Å². The van der Waals surface area contributed by atoms with Crippen LogP contribution in [0.3, 0.4) is 0 Å². The number of imidazole rings is 1. The van der Waals surface area contributed by atoms with Gasteiger partial charge in [-0.25, -0.2) is 15.0 Å².